The second-order valence-corrected chi connectivity index (χ2v) is 6.94. The molecule has 1 unspecified atom stereocenters. The predicted octanol–water partition coefficient (Wildman–Crippen LogP) is 4.46. The number of ether oxygens (including phenoxy) is 3. The van der Waals surface area contributed by atoms with Crippen molar-refractivity contribution in [2.45, 2.75) is 19.1 Å². The number of nitrogens with zero attached hydrogens (tertiary/aromatic N) is 3. The molecular weight excluding hydrogens is 394 g/mol. The highest BCUT2D eigenvalue weighted by Gasteiger charge is 2.24. The van der Waals surface area contributed by atoms with Gasteiger partial charge in [-0.1, -0.05) is 6.07 Å². The Morgan fingerprint density at radius 3 is 2.74 bits per heavy atom. The lowest BCUT2D eigenvalue weighted by atomic mass is 10.1. The van der Waals surface area contributed by atoms with E-state index in [1.165, 1.54) is 11.1 Å². The third kappa shape index (κ3) is 4.49. The Morgan fingerprint density at radius 2 is 2.03 bits per heavy atom. The molecule has 7 nitrogen and oxygen atoms in total. The lowest BCUT2D eigenvalue weighted by Crippen LogP contribution is -2.26. The molecule has 4 rings (SSSR count). The van der Waals surface area contributed by atoms with Gasteiger partial charge in [0, 0.05) is 24.9 Å². The van der Waals surface area contributed by atoms with E-state index in [4.69, 9.17) is 14.2 Å². The van der Waals surface area contributed by atoms with Gasteiger partial charge < -0.3 is 14.2 Å². The van der Waals surface area contributed by atoms with Crippen LogP contribution in [0, 0.1) is 11.3 Å². The molecule has 0 N–H and O–H groups in total. The molecule has 7 heteroatoms. The molecule has 1 aromatic heterocycles. The van der Waals surface area contributed by atoms with Gasteiger partial charge in [0.1, 0.15) is 0 Å². The zero-order valence-corrected chi connectivity index (χ0v) is 17.0. The first kappa shape index (κ1) is 20.4. The van der Waals surface area contributed by atoms with Gasteiger partial charge in [-0.15, -0.1) is 0 Å². The Balaban J connectivity index is 1.79. The minimum atomic E-state index is -0.353. The topological polar surface area (TPSA) is 84.7 Å². The lowest BCUT2D eigenvalue weighted by molar-refractivity contribution is -0.0402. The molecule has 2 aromatic carbocycles. The van der Waals surface area contributed by atoms with Gasteiger partial charge in [0.05, 0.1) is 42.3 Å². The zero-order valence-electron chi connectivity index (χ0n) is 17.0. The summed E-state index contributed by atoms with van der Waals surface area (Å²) in [6.07, 6.45) is 4.48. The van der Waals surface area contributed by atoms with Crippen LogP contribution in [0.1, 0.15) is 28.8 Å². The third-order valence-electron chi connectivity index (χ3n) is 4.90. The average molecular weight is 415 g/mol. The Morgan fingerprint density at radius 1 is 1.16 bits per heavy atom. The van der Waals surface area contributed by atoms with Gasteiger partial charge in [-0.25, -0.2) is 0 Å². The molecule has 3 aromatic rings. The van der Waals surface area contributed by atoms with Crippen molar-refractivity contribution in [2.24, 2.45) is 0 Å². The lowest BCUT2D eigenvalue weighted by Gasteiger charge is -2.25. The summed E-state index contributed by atoms with van der Waals surface area (Å²) in [4.78, 5) is 19.1. The molecule has 1 aliphatic heterocycles. The standard InChI is InChI=1S/C24H21N3O4/c1-29-21-10-9-20(14-22(21)31-23-8-4-12-30-23)27(19-7-2-5-17(13-19)15-25)24(28)18-6-3-11-26-16-18/h2-3,5-7,9-11,13-14,16,23H,4,8,12H2,1H3. The van der Waals surface area contributed by atoms with Crippen LogP contribution < -0.4 is 14.4 Å². The minimum absolute atomic E-state index is 0.281. The molecule has 0 spiro atoms. The van der Waals surface area contributed by atoms with Crippen LogP contribution >= 0.6 is 0 Å². The first-order chi connectivity index (χ1) is 15.2. The number of hydrogen-bond acceptors (Lipinski definition) is 6. The Bertz CT molecular complexity index is 1110. The molecule has 1 atom stereocenters. The van der Waals surface area contributed by atoms with Crippen molar-refractivity contribution in [1.82, 2.24) is 4.98 Å². The summed E-state index contributed by atoms with van der Waals surface area (Å²) >= 11 is 0. The van der Waals surface area contributed by atoms with Gasteiger partial charge in [0.2, 0.25) is 0 Å². The number of anilines is 2. The third-order valence-corrected chi connectivity index (χ3v) is 4.90. The molecule has 31 heavy (non-hydrogen) atoms. The van der Waals surface area contributed by atoms with E-state index in [1.54, 1.807) is 67.9 Å². The summed E-state index contributed by atoms with van der Waals surface area (Å²) in [6, 6.07) is 17.7. The second-order valence-electron chi connectivity index (χ2n) is 6.94. The van der Waals surface area contributed by atoms with E-state index in [9.17, 15) is 10.1 Å². The summed E-state index contributed by atoms with van der Waals surface area (Å²) in [5.41, 5.74) is 1.99. The number of nitriles is 1. The first-order valence-corrected chi connectivity index (χ1v) is 9.90. The largest absolute Gasteiger partial charge is 0.493 e. The number of benzene rings is 2. The maximum Gasteiger partial charge on any atom is 0.264 e. The quantitative estimate of drug-likeness (QED) is 0.591. The Kier molecular flexibility index (Phi) is 6.11. The number of methoxy groups -OCH3 is 1. The van der Waals surface area contributed by atoms with Crippen LogP contribution in [0.25, 0.3) is 0 Å². The highest BCUT2D eigenvalue weighted by atomic mass is 16.7. The van der Waals surface area contributed by atoms with Gasteiger partial charge in [0.25, 0.3) is 5.91 Å². The molecule has 1 amide bonds. The van der Waals surface area contributed by atoms with Crippen molar-refractivity contribution in [3.63, 3.8) is 0 Å². The van der Waals surface area contributed by atoms with Crippen LogP contribution in [0.4, 0.5) is 11.4 Å². The number of carbonyl (C=O) groups excluding carboxylic acids is 1. The molecule has 156 valence electrons. The molecule has 2 heterocycles. The molecular formula is C24H21N3O4. The predicted molar refractivity (Wildman–Crippen MR) is 114 cm³/mol. The van der Waals surface area contributed by atoms with Crippen LogP contribution in [-0.2, 0) is 4.74 Å². The fourth-order valence-electron chi connectivity index (χ4n) is 3.40. The van der Waals surface area contributed by atoms with Gasteiger partial charge in [0.15, 0.2) is 17.8 Å². The number of amides is 1. The number of rotatable bonds is 6. The minimum Gasteiger partial charge on any atom is -0.493 e. The second kappa shape index (κ2) is 9.28. The Labute approximate surface area is 180 Å². The normalized spacial score (nSPS) is 15.2. The monoisotopic (exact) mass is 415 g/mol. The number of carbonyl (C=O) groups is 1. The number of aromatic nitrogens is 1. The van der Waals surface area contributed by atoms with Crippen molar-refractivity contribution < 1.29 is 19.0 Å². The van der Waals surface area contributed by atoms with Crippen molar-refractivity contribution in [1.29, 1.82) is 5.26 Å². The van der Waals surface area contributed by atoms with E-state index in [0.29, 0.717) is 40.6 Å². The molecule has 0 radical (unpaired) electrons. The van der Waals surface area contributed by atoms with E-state index in [2.05, 4.69) is 11.1 Å². The van der Waals surface area contributed by atoms with Gasteiger partial charge in [-0.3, -0.25) is 14.7 Å². The first-order valence-electron chi connectivity index (χ1n) is 9.90. The van der Waals surface area contributed by atoms with Crippen molar-refractivity contribution in [3.05, 3.63) is 78.1 Å². The zero-order chi connectivity index (χ0) is 21.6. The van der Waals surface area contributed by atoms with Crippen LogP contribution in [0.15, 0.2) is 67.0 Å². The van der Waals surface area contributed by atoms with E-state index >= 15 is 0 Å². The number of pyridine rings is 1. The molecule has 1 fully saturated rings. The van der Waals surface area contributed by atoms with E-state index < -0.39 is 0 Å². The molecule has 0 bridgehead atoms. The Hall–Kier alpha value is -3.89. The van der Waals surface area contributed by atoms with E-state index in [-0.39, 0.29) is 12.2 Å². The van der Waals surface area contributed by atoms with Crippen molar-refractivity contribution in [3.8, 4) is 17.6 Å². The summed E-state index contributed by atoms with van der Waals surface area (Å²) in [6.45, 7) is 0.652. The molecule has 0 saturated carbocycles. The van der Waals surface area contributed by atoms with Crippen LogP contribution in [0.5, 0.6) is 11.5 Å². The fourth-order valence-corrected chi connectivity index (χ4v) is 3.40. The van der Waals surface area contributed by atoms with Crippen LogP contribution in [0.2, 0.25) is 0 Å². The molecule has 1 saturated heterocycles. The van der Waals surface area contributed by atoms with E-state index in [0.717, 1.165) is 12.8 Å². The summed E-state index contributed by atoms with van der Waals surface area (Å²) in [5.74, 6) is 0.738. The van der Waals surface area contributed by atoms with Crippen molar-refractivity contribution in [2.75, 3.05) is 18.6 Å². The summed E-state index contributed by atoms with van der Waals surface area (Å²) < 4.78 is 17.0. The maximum absolute atomic E-state index is 13.5. The van der Waals surface area contributed by atoms with E-state index in [1.807, 2.05) is 0 Å². The number of hydrogen-bond donors (Lipinski definition) is 0. The highest BCUT2D eigenvalue weighted by Crippen LogP contribution is 2.37. The summed E-state index contributed by atoms with van der Waals surface area (Å²) in [7, 11) is 1.56. The van der Waals surface area contributed by atoms with Gasteiger partial charge >= 0.3 is 0 Å². The van der Waals surface area contributed by atoms with Gasteiger partial charge in [-0.05, 0) is 48.9 Å². The van der Waals surface area contributed by atoms with Gasteiger partial charge in [-0.2, -0.15) is 5.26 Å². The molecule has 1 aliphatic rings. The van der Waals surface area contributed by atoms with Crippen LogP contribution in [-0.4, -0.2) is 30.9 Å². The average Bonchev–Trinajstić information content (AvgIpc) is 3.33. The van der Waals surface area contributed by atoms with Crippen molar-refractivity contribution >= 4 is 17.3 Å². The smallest absolute Gasteiger partial charge is 0.264 e. The maximum atomic E-state index is 13.5. The fraction of sp³-hybridized carbons (Fsp3) is 0.208. The SMILES string of the molecule is COc1ccc(N(C(=O)c2cccnc2)c2cccc(C#N)c2)cc1OC1CCCO1. The highest BCUT2D eigenvalue weighted by molar-refractivity contribution is 6.11. The summed E-state index contributed by atoms with van der Waals surface area (Å²) in [5, 5.41) is 9.33. The van der Waals surface area contributed by atoms with Crippen LogP contribution in [0.3, 0.4) is 0 Å². The molecule has 0 aliphatic carbocycles.